The van der Waals surface area contributed by atoms with Crippen molar-refractivity contribution in [1.82, 2.24) is 14.4 Å². The number of allylic oxidation sites excluding steroid dienone is 2. The molecule has 0 spiro atoms. The SMILES string of the molecule is CCS(=O)(=O)Nc1ccc(Oc2ccc(C3=CCN(C(=O)OC(C)(C)C)C=C3)cc2F)c(-c2cn(C)c(=O)cc2OC2CCN(C(=O)OC(C)(C)C)CC2)c1. The standard InChI is InChI=1S/C40H49FN4O9S/c1-9-55(49,50)42-28-11-13-33(52-34-12-10-27(22-32(34)41)26-14-18-44(19-15-26)37(47)53-39(2,3)4)30(23-28)31-25-43(8)36(46)24-35(31)51-29-16-20-45(21-17-29)38(48)54-40(5,6)7/h10-15,18,22-25,29,42H,9,16-17,19-21H2,1-8H3. The van der Waals surface area contributed by atoms with Crippen LogP contribution in [0.2, 0.25) is 0 Å². The largest absolute Gasteiger partial charge is 0.489 e. The van der Waals surface area contributed by atoms with Crippen molar-refractivity contribution in [2.45, 2.75) is 78.6 Å². The van der Waals surface area contributed by atoms with Crippen molar-refractivity contribution in [1.29, 1.82) is 0 Å². The summed E-state index contributed by atoms with van der Waals surface area (Å²) in [5.41, 5.74) is 0.574. The van der Waals surface area contributed by atoms with Crippen LogP contribution in [0.25, 0.3) is 16.7 Å². The summed E-state index contributed by atoms with van der Waals surface area (Å²) in [5, 5.41) is 0. The normalized spacial score (nSPS) is 15.3. The first kappa shape index (κ1) is 40.9. The Bertz CT molecular complexity index is 2160. The molecule has 1 saturated heterocycles. The van der Waals surface area contributed by atoms with E-state index in [1.807, 2.05) is 0 Å². The summed E-state index contributed by atoms with van der Waals surface area (Å²) in [7, 11) is -2.10. The Balaban J connectivity index is 1.43. The van der Waals surface area contributed by atoms with Crippen molar-refractivity contribution in [2.75, 3.05) is 30.1 Å². The number of benzene rings is 2. The monoisotopic (exact) mass is 780 g/mol. The number of ether oxygens (including phenoxy) is 4. The molecule has 1 aromatic heterocycles. The highest BCUT2D eigenvalue weighted by Crippen LogP contribution is 2.41. The molecule has 0 aliphatic carbocycles. The van der Waals surface area contributed by atoms with Crippen LogP contribution < -0.4 is 19.8 Å². The first-order chi connectivity index (χ1) is 25.7. The van der Waals surface area contributed by atoms with Crippen LogP contribution in [0.4, 0.5) is 19.7 Å². The lowest BCUT2D eigenvalue weighted by molar-refractivity contribution is 0.0126. The minimum Gasteiger partial charge on any atom is -0.489 e. The molecule has 0 bridgehead atoms. The zero-order valence-electron chi connectivity index (χ0n) is 32.5. The van der Waals surface area contributed by atoms with E-state index in [2.05, 4.69) is 4.72 Å². The van der Waals surface area contributed by atoms with E-state index in [0.29, 0.717) is 48.2 Å². The Kier molecular flexibility index (Phi) is 12.0. The van der Waals surface area contributed by atoms with Gasteiger partial charge in [0.15, 0.2) is 11.6 Å². The highest BCUT2D eigenvalue weighted by Gasteiger charge is 2.29. The van der Waals surface area contributed by atoms with Crippen LogP contribution in [0.3, 0.4) is 0 Å². The van der Waals surface area contributed by atoms with E-state index in [0.717, 1.165) is 0 Å². The van der Waals surface area contributed by atoms with Crippen LogP contribution in [-0.4, -0.2) is 77.7 Å². The van der Waals surface area contributed by atoms with E-state index in [9.17, 15) is 22.8 Å². The summed E-state index contributed by atoms with van der Waals surface area (Å²) < 4.78 is 68.3. The Labute approximate surface area is 321 Å². The third kappa shape index (κ3) is 10.9. The van der Waals surface area contributed by atoms with Gasteiger partial charge in [-0.2, -0.15) is 0 Å². The highest BCUT2D eigenvalue weighted by atomic mass is 32.2. The maximum atomic E-state index is 15.8. The fraction of sp³-hybridized carbons (Fsp3) is 0.425. The molecule has 3 heterocycles. The summed E-state index contributed by atoms with van der Waals surface area (Å²) >= 11 is 0. The quantitative estimate of drug-likeness (QED) is 0.231. The lowest BCUT2D eigenvalue weighted by Gasteiger charge is -2.33. The minimum atomic E-state index is -3.67. The van der Waals surface area contributed by atoms with E-state index in [4.69, 9.17) is 18.9 Å². The predicted octanol–water partition coefficient (Wildman–Crippen LogP) is 7.67. The molecule has 1 N–H and O–H groups in total. The number of sulfonamides is 1. The summed E-state index contributed by atoms with van der Waals surface area (Å²) in [5.74, 6) is -0.564. The van der Waals surface area contributed by atoms with E-state index >= 15 is 4.39 Å². The van der Waals surface area contributed by atoms with E-state index in [1.165, 1.54) is 46.7 Å². The Morgan fingerprint density at radius 2 is 1.55 bits per heavy atom. The third-order valence-corrected chi connectivity index (χ3v) is 9.86. The molecule has 15 heteroatoms. The number of pyridine rings is 1. The molecule has 3 aromatic rings. The van der Waals surface area contributed by atoms with Crippen LogP contribution in [0.1, 0.15) is 66.9 Å². The Morgan fingerprint density at radius 1 is 0.891 bits per heavy atom. The number of likely N-dealkylation sites (tertiary alicyclic amines) is 1. The zero-order chi connectivity index (χ0) is 40.3. The molecule has 0 unspecified atom stereocenters. The van der Waals surface area contributed by atoms with Gasteiger partial charge in [0, 0.05) is 74.8 Å². The number of carbonyl (C=O) groups excluding carboxylic acids is 2. The van der Waals surface area contributed by atoms with Crippen LogP contribution in [0.5, 0.6) is 17.2 Å². The number of carbonyl (C=O) groups is 2. The average Bonchev–Trinajstić information content (AvgIpc) is 3.10. The minimum absolute atomic E-state index is 0.107. The smallest absolute Gasteiger partial charge is 0.414 e. The highest BCUT2D eigenvalue weighted by molar-refractivity contribution is 7.92. The van der Waals surface area contributed by atoms with Gasteiger partial charge >= 0.3 is 12.2 Å². The molecule has 0 radical (unpaired) electrons. The molecule has 2 aliphatic heterocycles. The van der Waals surface area contributed by atoms with Crippen molar-refractivity contribution in [3.63, 3.8) is 0 Å². The first-order valence-electron chi connectivity index (χ1n) is 18.1. The summed E-state index contributed by atoms with van der Waals surface area (Å²) in [6.45, 7) is 13.3. The van der Waals surface area contributed by atoms with Crippen molar-refractivity contribution >= 4 is 33.5 Å². The third-order valence-electron chi connectivity index (χ3n) is 8.56. The molecule has 2 amide bonds. The molecule has 55 heavy (non-hydrogen) atoms. The predicted molar refractivity (Wildman–Crippen MR) is 208 cm³/mol. The Morgan fingerprint density at radius 3 is 2.15 bits per heavy atom. The molecule has 1 fully saturated rings. The van der Waals surface area contributed by atoms with Gasteiger partial charge in [-0.05, 0) is 96.0 Å². The summed E-state index contributed by atoms with van der Waals surface area (Å²) in [6, 6.07) is 10.4. The molecule has 5 rings (SSSR count). The van der Waals surface area contributed by atoms with Gasteiger partial charge in [-0.1, -0.05) is 12.1 Å². The summed E-state index contributed by atoms with van der Waals surface area (Å²) in [4.78, 5) is 41.1. The van der Waals surface area contributed by atoms with Crippen LogP contribution in [-0.2, 0) is 26.5 Å². The topological polar surface area (TPSA) is 146 Å². The van der Waals surface area contributed by atoms with Crippen LogP contribution >= 0.6 is 0 Å². The van der Waals surface area contributed by atoms with Gasteiger partial charge in [0.25, 0.3) is 5.56 Å². The van der Waals surface area contributed by atoms with Crippen LogP contribution in [0, 0.1) is 5.82 Å². The van der Waals surface area contributed by atoms with Gasteiger partial charge in [-0.25, -0.2) is 22.4 Å². The maximum absolute atomic E-state index is 15.8. The van der Waals surface area contributed by atoms with Crippen molar-refractivity contribution in [3.05, 3.63) is 88.7 Å². The van der Waals surface area contributed by atoms with Crippen molar-refractivity contribution in [3.8, 4) is 28.4 Å². The average molecular weight is 781 g/mol. The number of anilines is 1. The van der Waals surface area contributed by atoms with Gasteiger partial charge in [-0.15, -0.1) is 0 Å². The number of hydrogen-bond donors (Lipinski definition) is 1. The fourth-order valence-corrected chi connectivity index (χ4v) is 6.40. The number of aryl methyl sites for hydroxylation is 1. The molecule has 2 aromatic carbocycles. The molecule has 296 valence electrons. The van der Waals surface area contributed by atoms with Gasteiger partial charge in [0.2, 0.25) is 10.0 Å². The number of hydrogen-bond acceptors (Lipinski definition) is 9. The van der Waals surface area contributed by atoms with Gasteiger partial charge in [0.05, 0.1) is 5.75 Å². The van der Waals surface area contributed by atoms with Gasteiger partial charge in [-0.3, -0.25) is 14.4 Å². The molecule has 0 atom stereocenters. The lowest BCUT2D eigenvalue weighted by Crippen LogP contribution is -2.44. The molecule has 13 nitrogen and oxygen atoms in total. The second-order valence-electron chi connectivity index (χ2n) is 15.4. The van der Waals surface area contributed by atoms with Crippen LogP contribution in [0.15, 0.2) is 71.8 Å². The second kappa shape index (κ2) is 16.2. The number of nitrogens with zero attached hydrogens (tertiary/aromatic N) is 3. The fourth-order valence-electron chi connectivity index (χ4n) is 5.77. The number of rotatable bonds is 9. The molecule has 2 aliphatic rings. The number of nitrogens with one attached hydrogen (secondary N) is 1. The second-order valence-corrected chi connectivity index (χ2v) is 17.4. The van der Waals surface area contributed by atoms with E-state index in [1.54, 1.807) is 90.2 Å². The van der Waals surface area contributed by atoms with Crippen molar-refractivity contribution in [2.24, 2.45) is 7.05 Å². The summed E-state index contributed by atoms with van der Waals surface area (Å²) in [6.07, 6.45) is 6.29. The zero-order valence-corrected chi connectivity index (χ0v) is 33.3. The number of piperidine rings is 1. The lowest BCUT2D eigenvalue weighted by atomic mass is 10.0. The van der Waals surface area contributed by atoms with E-state index in [-0.39, 0.29) is 46.9 Å². The van der Waals surface area contributed by atoms with Crippen molar-refractivity contribution < 1.29 is 41.3 Å². The number of aromatic nitrogens is 1. The molecular weight excluding hydrogens is 732 g/mol. The Hall–Kier alpha value is -5.31. The number of amides is 2. The number of halogens is 1. The maximum Gasteiger partial charge on any atom is 0.414 e. The van der Waals surface area contributed by atoms with Gasteiger partial charge < -0.3 is 28.4 Å². The molecule has 0 saturated carbocycles. The van der Waals surface area contributed by atoms with Gasteiger partial charge in [0.1, 0.15) is 28.8 Å². The van der Waals surface area contributed by atoms with E-state index < -0.39 is 39.2 Å². The molecular formula is C40H49FN4O9S. The first-order valence-corrected chi connectivity index (χ1v) is 19.7.